The molecule has 7 unspecified atom stereocenters. The summed E-state index contributed by atoms with van der Waals surface area (Å²) >= 11 is 6.69. The molecule has 6 saturated carbocycles. The first kappa shape index (κ1) is 53.4. The standard InChI is InChI=1S/C54H86ClN5O10/c1-53-18-16-41(61)30-38(53)9-11-43-44-12-14-47(54(44,2)19-17-45(43)53)70-34-49(63)59(3)20-22-68-24-26-69-25-23-67-21-6-4-5-7-35-28-39(55)31-40(29-35)57-52(66)56-32-36-8-10-42-37(27-36)33-60(51(42)65)46-13-15-48(62)58-50(46)64/h35-40,42-47H,4-34H2,1-3H3,(H2,56,57,66)(H,58,62,64)/t35?,36?,37?,38-,39?,40?,42?,43-,44-,45-,46?,47-,53-,54-/m0/s1. The van der Waals surface area contributed by atoms with Gasteiger partial charge in [-0.3, -0.25) is 29.3 Å². The third kappa shape index (κ3) is 12.9. The van der Waals surface area contributed by atoms with Crippen LogP contribution >= 0.6 is 11.6 Å². The van der Waals surface area contributed by atoms with Crippen molar-refractivity contribution in [3.05, 3.63) is 0 Å². The van der Waals surface area contributed by atoms with Gasteiger partial charge in [-0.05, 0) is 149 Å². The highest BCUT2D eigenvalue weighted by Gasteiger charge is 2.60. The summed E-state index contributed by atoms with van der Waals surface area (Å²) in [5.41, 5.74) is 0.436. The van der Waals surface area contributed by atoms with Crippen LogP contribution < -0.4 is 16.0 Å². The fraction of sp³-hybridized carbons (Fsp3) is 0.889. The fourth-order valence-electron chi connectivity index (χ4n) is 15.3. The molecule has 0 radical (unpaired) electrons. The first-order chi connectivity index (χ1) is 33.7. The molecule has 15 nitrogen and oxygen atoms in total. The number of piperidine rings is 1. The van der Waals surface area contributed by atoms with E-state index in [1.54, 1.807) is 9.80 Å². The molecule has 0 spiro atoms. The monoisotopic (exact) mass is 1000 g/mol. The maximum Gasteiger partial charge on any atom is 0.315 e. The van der Waals surface area contributed by atoms with E-state index in [1.807, 2.05) is 7.05 Å². The van der Waals surface area contributed by atoms with Gasteiger partial charge in [-0.15, -0.1) is 11.6 Å². The highest BCUT2D eigenvalue weighted by molar-refractivity contribution is 6.20. The normalized spacial score (nSPS) is 37.2. The lowest BCUT2D eigenvalue weighted by atomic mass is 9.45. The van der Waals surface area contributed by atoms with Crippen molar-refractivity contribution in [2.45, 2.75) is 172 Å². The molecule has 0 aromatic carbocycles. The van der Waals surface area contributed by atoms with Gasteiger partial charge in [0, 0.05) is 69.9 Å². The smallest absolute Gasteiger partial charge is 0.315 e. The van der Waals surface area contributed by atoms with Crippen LogP contribution in [-0.4, -0.2) is 142 Å². The molecule has 14 atom stereocenters. The third-order valence-electron chi connectivity index (χ3n) is 19.3. The molecular weight excluding hydrogens is 914 g/mol. The van der Waals surface area contributed by atoms with E-state index in [0.717, 1.165) is 108 Å². The van der Waals surface area contributed by atoms with Crippen LogP contribution in [0.25, 0.3) is 0 Å². The summed E-state index contributed by atoms with van der Waals surface area (Å²) in [6.07, 6.45) is 19.8. The van der Waals surface area contributed by atoms with Crippen LogP contribution in [0.15, 0.2) is 0 Å². The van der Waals surface area contributed by atoms with Crippen molar-refractivity contribution < 1.29 is 47.7 Å². The van der Waals surface area contributed by atoms with E-state index in [0.29, 0.717) is 94.6 Å². The van der Waals surface area contributed by atoms with E-state index in [1.165, 1.54) is 25.7 Å². The summed E-state index contributed by atoms with van der Waals surface area (Å²) in [6.45, 7) is 9.78. The number of fused-ring (bicyclic) bond motifs is 6. The van der Waals surface area contributed by atoms with Crippen molar-refractivity contribution in [1.82, 2.24) is 25.8 Å². The van der Waals surface area contributed by atoms with Gasteiger partial charge < -0.3 is 39.4 Å². The predicted octanol–water partition coefficient (Wildman–Crippen LogP) is 6.81. The van der Waals surface area contributed by atoms with Crippen LogP contribution in [0.1, 0.15) is 149 Å². The van der Waals surface area contributed by atoms with Crippen LogP contribution in [-0.2, 0) is 42.9 Å². The number of Topliss-reactive ketones (excluding diaryl/α,β-unsaturated/α-hetero) is 1. The van der Waals surface area contributed by atoms with E-state index in [-0.39, 0.29) is 83.4 Å². The lowest BCUT2D eigenvalue weighted by Crippen LogP contribution is -2.54. The van der Waals surface area contributed by atoms with E-state index in [4.69, 9.17) is 30.5 Å². The molecule has 8 fully saturated rings. The van der Waals surface area contributed by atoms with Gasteiger partial charge in [-0.1, -0.05) is 33.1 Å². The molecule has 8 rings (SSSR count). The summed E-state index contributed by atoms with van der Waals surface area (Å²) in [7, 11) is 1.82. The molecule has 0 bridgehead atoms. The van der Waals surface area contributed by atoms with Gasteiger partial charge in [0.25, 0.3) is 0 Å². The van der Waals surface area contributed by atoms with E-state index in [2.05, 4.69) is 29.8 Å². The summed E-state index contributed by atoms with van der Waals surface area (Å²) in [5.74, 6) is 3.36. The molecule has 0 aromatic rings. The van der Waals surface area contributed by atoms with Gasteiger partial charge in [0.1, 0.15) is 18.4 Å². The number of halogens is 1. The lowest BCUT2D eigenvalue weighted by molar-refractivity contribution is -0.152. The van der Waals surface area contributed by atoms with Crippen LogP contribution in [0, 0.1) is 58.2 Å². The number of unbranched alkanes of at least 4 members (excludes halogenated alkanes) is 2. The minimum Gasteiger partial charge on any atom is -0.379 e. The molecule has 2 heterocycles. The van der Waals surface area contributed by atoms with Crippen LogP contribution in [0.3, 0.4) is 0 Å². The Labute approximate surface area is 422 Å². The molecule has 394 valence electrons. The van der Waals surface area contributed by atoms with E-state index >= 15 is 0 Å². The Hall–Kier alpha value is -2.85. The Morgan fingerprint density at radius 2 is 1.56 bits per heavy atom. The SMILES string of the molecule is CN(CCOCCOCCOCCCCCC1CC(Cl)CC(NC(=O)NCC2CCC3C(=O)N(C4CCC(=O)NC4=O)CC3C2)C1)C(=O)CO[C@H]1CC[C@H]2[C@@H]3CC[C@H]4CC(=O)CC[C@]4(C)[C@H]3CC[C@]12C. The highest BCUT2D eigenvalue weighted by Crippen LogP contribution is 2.66. The summed E-state index contributed by atoms with van der Waals surface area (Å²) in [4.78, 5) is 79.0. The van der Waals surface area contributed by atoms with Gasteiger partial charge >= 0.3 is 6.03 Å². The van der Waals surface area contributed by atoms with Crippen molar-refractivity contribution in [1.29, 1.82) is 0 Å². The quantitative estimate of drug-likeness (QED) is 0.0593. The number of rotatable bonds is 22. The van der Waals surface area contributed by atoms with Crippen molar-refractivity contribution in [3.8, 4) is 0 Å². The van der Waals surface area contributed by atoms with E-state index in [9.17, 15) is 28.8 Å². The number of hydrogen-bond donors (Lipinski definition) is 3. The zero-order valence-electron chi connectivity index (χ0n) is 42.7. The number of ketones is 1. The molecule has 6 aliphatic carbocycles. The molecule has 2 saturated heterocycles. The average Bonchev–Trinajstić information content (AvgIpc) is 3.84. The average molecular weight is 1000 g/mol. The number of carbonyl (C=O) groups is 6. The number of nitrogens with one attached hydrogen (secondary N) is 3. The van der Waals surface area contributed by atoms with Crippen molar-refractivity contribution >= 4 is 47.0 Å². The summed E-state index contributed by atoms with van der Waals surface area (Å²) < 4.78 is 23.7. The molecule has 0 aromatic heterocycles. The van der Waals surface area contributed by atoms with Crippen molar-refractivity contribution in [2.24, 2.45) is 58.2 Å². The van der Waals surface area contributed by atoms with Gasteiger partial charge in [-0.2, -0.15) is 0 Å². The first-order valence-corrected chi connectivity index (χ1v) is 28.1. The van der Waals surface area contributed by atoms with Gasteiger partial charge in [-0.25, -0.2) is 4.79 Å². The number of imide groups is 1. The molecule has 3 N–H and O–H groups in total. The maximum absolute atomic E-state index is 13.2. The predicted molar refractivity (Wildman–Crippen MR) is 265 cm³/mol. The number of nitrogens with zero attached hydrogens (tertiary/aromatic N) is 2. The number of amides is 6. The molecule has 6 amide bonds. The Morgan fingerprint density at radius 1 is 0.786 bits per heavy atom. The summed E-state index contributed by atoms with van der Waals surface area (Å²) in [5, 5.41) is 8.71. The van der Waals surface area contributed by atoms with Crippen LogP contribution in [0.4, 0.5) is 4.79 Å². The topological polar surface area (TPSA) is 182 Å². The Morgan fingerprint density at radius 3 is 2.36 bits per heavy atom. The first-order valence-electron chi connectivity index (χ1n) is 27.6. The number of carbonyl (C=O) groups excluding carboxylic acids is 6. The fourth-order valence-corrected chi connectivity index (χ4v) is 15.8. The highest BCUT2D eigenvalue weighted by atomic mass is 35.5. The minimum atomic E-state index is -0.558. The maximum atomic E-state index is 13.2. The summed E-state index contributed by atoms with van der Waals surface area (Å²) in [6, 6.07) is -0.674. The Bertz CT molecular complexity index is 1840. The molecule has 70 heavy (non-hydrogen) atoms. The Kier molecular flexibility index (Phi) is 18.7. The van der Waals surface area contributed by atoms with Crippen molar-refractivity contribution in [3.63, 3.8) is 0 Å². The van der Waals surface area contributed by atoms with Gasteiger partial charge in [0.15, 0.2) is 0 Å². The number of urea groups is 1. The number of alkyl halides is 1. The minimum absolute atomic E-state index is 0.000585. The number of likely N-dealkylation sites (N-methyl/N-ethyl adjacent to an activating group) is 1. The number of likely N-dealkylation sites (tertiary alicyclic amines) is 1. The Balaban J connectivity index is 0.600. The molecule has 8 aliphatic rings. The molecule has 16 heteroatoms. The zero-order chi connectivity index (χ0) is 49.4. The zero-order valence-corrected chi connectivity index (χ0v) is 43.5. The van der Waals surface area contributed by atoms with Gasteiger partial charge in [0.2, 0.25) is 23.6 Å². The largest absolute Gasteiger partial charge is 0.379 e. The third-order valence-corrected chi connectivity index (χ3v) is 19.6. The number of hydrogen-bond acceptors (Lipinski definition) is 10. The molecular formula is C54H86ClN5O10. The van der Waals surface area contributed by atoms with Crippen molar-refractivity contribution in [2.75, 3.05) is 72.9 Å². The van der Waals surface area contributed by atoms with E-state index < -0.39 is 6.04 Å². The van der Waals surface area contributed by atoms with Crippen LogP contribution in [0.5, 0.6) is 0 Å². The second-order valence-corrected chi connectivity index (χ2v) is 24.2. The van der Waals surface area contributed by atoms with Gasteiger partial charge in [0.05, 0.1) is 39.1 Å². The van der Waals surface area contributed by atoms with Crippen LogP contribution in [0.2, 0.25) is 0 Å². The second-order valence-electron chi connectivity index (χ2n) is 23.5. The molecule has 2 aliphatic heterocycles. The number of ether oxygens (including phenoxy) is 4. The lowest BCUT2D eigenvalue weighted by Gasteiger charge is -2.60. The second kappa shape index (κ2) is 24.5.